The Balaban J connectivity index is 2.35. The zero-order chi connectivity index (χ0) is 15.0. The van der Waals surface area contributed by atoms with Gasteiger partial charge in [0.15, 0.2) is 0 Å². The molecule has 0 atom stereocenters. The topological polar surface area (TPSA) is 56.3 Å². The summed E-state index contributed by atoms with van der Waals surface area (Å²) in [6.45, 7) is 0. The van der Waals surface area contributed by atoms with E-state index in [0.29, 0.717) is 0 Å². The van der Waals surface area contributed by atoms with Gasteiger partial charge < -0.3 is 15.0 Å². The third-order valence-electron chi connectivity index (χ3n) is 3.57. The molecular formula is C17H16N2O2. The van der Waals surface area contributed by atoms with Crippen molar-refractivity contribution in [1.82, 2.24) is 4.98 Å². The molecule has 0 aliphatic heterocycles. The summed E-state index contributed by atoms with van der Waals surface area (Å²) in [4.78, 5) is 16.6. The molecule has 2 N–H and O–H groups in total. The Bertz CT molecular complexity index is 804. The second-order valence-corrected chi connectivity index (χ2v) is 5.17. The number of hydrogen-bond donors (Lipinski definition) is 2. The minimum Gasteiger partial charge on any atom is -0.477 e. The van der Waals surface area contributed by atoms with Crippen molar-refractivity contribution < 1.29 is 9.90 Å². The lowest BCUT2D eigenvalue weighted by Gasteiger charge is -2.12. The predicted octanol–water partition coefficient (Wildman–Crippen LogP) is 3.60. The molecule has 21 heavy (non-hydrogen) atoms. The Hall–Kier alpha value is -2.75. The van der Waals surface area contributed by atoms with Gasteiger partial charge in [0.25, 0.3) is 0 Å². The lowest BCUT2D eigenvalue weighted by Crippen LogP contribution is -2.07. The van der Waals surface area contributed by atoms with Crippen LogP contribution in [-0.2, 0) is 0 Å². The van der Waals surface area contributed by atoms with Crippen molar-refractivity contribution in [2.75, 3.05) is 19.0 Å². The summed E-state index contributed by atoms with van der Waals surface area (Å²) in [7, 11) is 3.93. The lowest BCUT2D eigenvalue weighted by atomic mass is 10.0. The normalized spacial score (nSPS) is 10.8. The fourth-order valence-electron chi connectivity index (χ4n) is 2.52. The molecule has 0 aliphatic carbocycles. The maximum atomic E-state index is 11.5. The summed E-state index contributed by atoms with van der Waals surface area (Å²) in [5, 5.41) is 10.4. The molecule has 1 heterocycles. The number of H-pyrrole nitrogens is 1. The van der Waals surface area contributed by atoms with E-state index in [-0.39, 0.29) is 5.69 Å². The van der Waals surface area contributed by atoms with Gasteiger partial charge >= 0.3 is 5.97 Å². The molecule has 0 aliphatic rings. The van der Waals surface area contributed by atoms with E-state index < -0.39 is 5.97 Å². The summed E-state index contributed by atoms with van der Waals surface area (Å²) in [5.74, 6) is -0.948. The maximum Gasteiger partial charge on any atom is 0.352 e. The molecule has 3 aromatic rings. The number of nitrogens with one attached hydrogen (secondary N) is 1. The fourth-order valence-corrected chi connectivity index (χ4v) is 2.52. The Morgan fingerprint density at radius 1 is 1.10 bits per heavy atom. The minimum absolute atomic E-state index is 0.229. The standard InChI is InChI=1S/C17H16N2O2/c1-19(2)12-8-9-14-13(10-12)15(16(18-14)17(20)21)11-6-4-3-5-7-11/h3-10,18H,1-2H3,(H,20,21). The highest BCUT2D eigenvalue weighted by atomic mass is 16.4. The van der Waals surface area contributed by atoms with Gasteiger partial charge in [-0.2, -0.15) is 0 Å². The zero-order valence-corrected chi connectivity index (χ0v) is 11.9. The van der Waals surface area contributed by atoms with Crippen LogP contribution < -0.4 is 4.90 Å². The smallest absolute Gasteiger partial charge is 0.352 e. The summed E-state index contributed by atoms with van der Waals surface area (Å²) in [5.41, 5.74) is 3.73. The number of carbonyl (C=O) groups is 1. The van der Waals surface area contributed by atoms with Crippen LogP contribution in [0.1, 0.15) is 10.5 Å². The Morgan fingerprint density at radius 2 is 1.81 bits per heavy atom. The van der Waals surface area contributed by atoms with Crippen molar-refractivity contribution in [1.29, 1.82) is 0 Å². The first-order valence-electron chi connectivity index (χ1n) is 6.69. The quantitative estimate of drug-likeness (QED) is 0.770. The number of hydrogen-bond acceptors (Lipinski definition) is 2. The van der Waals surface area contributed by atoms with Crippen LogP contribution >= 0.6 is 0 Å². The lowest BCUT2D eigenvalue weighted by molar-refractivity contribution is 0.0692. The number of carboxylic acids is 1. The molecule has 0 saturated heterocycles. The number of nitrogens with zero attached hydrogens (tertiary/aromatic N) is 1. The molecular weight excluding hydrogens is 264 g/mol. The monoisotopic (exact) mass is 280 g/mol. The van der Waals surface area contributed by atoms with Gasteiger partial charge in [-0.25, -0.2) is 4.79 Å². The maximum absolute atomic E-state index is 11.5. The van der Waals surface area contributed by atoms with Gasteiger partial charge in [0, 0.05) is 36.2 Å². The molecule has 0 saturated carbocycles. The van der Waals surface area contributed by atoms with Gasteiger partial charge in [0.05, 0.1) is 0 Å². The van der Waals surface area contributed by atoms with E-state index in [1.807, 2.05) is 67.5 Å². The van der Waals surface area contributed by atoms with Crippen LogP contribution in [0.3, 0.4) is 0 Å². The molecule has 1 aromatic heterocycles. The van der Waals surface area contributed by atoms with Crippen molar-refractivity contribution in [3.8, 4) is 11.1 Å². The average Bonchev–Trinajstić information content (AvgIpc) is 2.86. The van der Waals surface area contributed by atoms with Crippen molar-refractivity contribution in [3.63, 3.8) is 0 Å². The molecule has 4 nitrogen and oxygen atoms in total. The van der Waals surface area contributed by atoms with E-state index in [2.05, 4.69) is 4.98 Å². The van der Waals surface area contributed by atoms with Crippen LogP contribution in [0.5, 0.6) is 0 Å². The highest BCUT2D eigenvalue weighted by Gasteiger charge is 2.18. The van der Waals surface area contributed by atoms with Crippen molar-refractivity contribution in [2.24, 2.45) is 0 Å². The molecule has 0 radical (unpaired) electrons. The molecule has 3 rings (SSSR count). The summed E-state index contributed by atoms with van der Waals surface area (Å²) >= 11 is 0. The second kappa shape index (κ2) is 4.98. The summed E-state index contributed by atoms with van der Waals surface area (Å²) in [6.07, 6.45) is 0. The van der Waals surface area contributed by atoms with E-state index in [4.69, 9.17) is 0 Å². The summed E-state index contributed by atoms with van der Waals surface area (Å²) < 4.78 is 0. The third kappa shape index (κ3) is 2.25. The zero-order valence-electron chi connectivity index (χ0n) is 11.9. The van der Waals surface area contributed by atoms with E-state index in [0.717, 1.165) is 27.7 Å². The first-order chi connectivity index (χ1) is 10.1. The van der Waals surface area contributed by atoms with E-state index in [9.17, 15) is 9.90 Å². The van der Waals surface area contributed by atoms with Crippen LogP contribution in [-0.4, -0.2) is 30.2 Å². The minimum atomic E-state index is -0.948. The van der Waals surface area contributed by atoms with Gasteiger partial charge in [-0.3, -0.25) is 0 Å². The number of aromatic nitrogens is 1. The van der Waals surface area contributed by atoms with Gasteiger partial charge in [-0.05, 0) is 23.8 Å². The molecule has 0 fully saturated rings. The largest absolute Gasteiger partial charge is 0.477 e. The third-order valence-corrected chi connectivity index (χ3v) is 3.57. The number of fused-ring (bicyclic) bond motifs is 1. The van der Waals surface area contributed by atoms with E-state index in [1.165, 1.54) is 0 Å². The second-order valence-electron chi connectivity index (χ2n) is 5.17. The molecule has 0 amide bonds. The highest BCUT2D eigenvalue weighted by molar-refractivity contribution is 6.08. The number of aromatic carboxylic acids is 1. The Morgan fingerprint density at radius 3 is 2.43 bits per heavy atom. The Labute approximate surface area is 122 Å². The van der Waals surface area contributed by atoms with E-state index in [1.54, 1.807) is 0 Å². The van der Waals surface area contributed by atoms with Crippen molar-refractivity contribution >= 4 is 22.6 Å². The van der Waals surface area contributed by atoms with Crippen molar-refractivity contribution in [3.05, 3.63) is 54.2 Å². The SMILES string of the molecule is CN(C)c1ccc2[nH]c(C(=O)O)c(-c3ccccc3)c2c1. The first-order valence-corrected chi connectivity index (χ1v) is 6.69. The molecule has 4 heteroatoms. The van der Waals surface area contributed by atoms with Crippen LogP contribution in [0.25, 0.3) is 22.0 Å². The predicted molar refractivity (Wildman–Crippen MR) is 85.0 cm³/mol. The molecule has 0 bridgehead atoms. The molecule has 0 spiro atoms. The van der Waals surface area contributed by atoms with Crippen LogP contribution in [0.15, 0.2) is 48.5 Å². The first kappa shape index (κ1) is 13.2. The van der Waals surface area contributed by atoms with E-state index >= 15 is 0 Å². The van der Waals surface area contributed by atoms with Crippen LogP contribution in [0, 0.1) is 0 Å². The average molecular weight is 280 g/mol. The van der Waals surface area contributed by atoms with Gasteiger partial charge in [-0.15, -0.1) is 0 Å². The number of aromatic amines is 1. The van der Waals surface area contributed by atoms with Crippen LogP contribution in [0.2, 0.25) is 0 Å². The summed E-state index contributed by atoms with van der Waals surface area (Å²) in [6, 6.07) is 15.5. The highest BCUT2D eigenvalue weighted by Crippen LogP contribution is 2.34. The van der Waals surface area contributed by atoms with Crippen LogP contribution in [0.4, 0.5) is 5.69 Å². The number of carboxylic acid groups (broad SMARTS) is 1. The Kier molecular flexibility index (Phi) is 3.14. The molecule has 0 unspecified atom stereocenters. The fraction of sp³-hybridized carbons (Fsp3) is 0.118. The van der Waals surface area contributed by atoms with Gasteiger partial charge in [0.1, 0.15) is 5.69 Å². The molecule has 2 aromatic carbocycles. The van der Waals surface area contributed by atoms with Crippen molar-refractivity contribution in [2.45, 2.75) is 0 Å². The van der Waals surface area contributed by atoms with Gasteiger partial charge in [0.2, 0.25) is 0 Å². The number of anilines is 1. The number of rotatable bonds is 3. The van der Waals surface area contributed by atoms with Gasteiger partial charge in [-0.1, -0.05) is 30.3 Å². The number of benzene rings is 2. The molecule has 106 valence electrons.